The first-order chi connectivity index (χ1) is 21.8. The molecule has 232 valence electrons. The molecule has 0 radical (unpaired) electrons. The van der Waals surface area contributed by atoms with Gasteiger partial charge in [-0.3, -0.25) is 9.68 Å². The van der Waals surface area contributed by atoms with Crippen LogP contribution in [0.1, 0.15) is 31.2 Å². The van der Waals surface area contributed by atoms with Gasteiger partial charge in [0.15, 0.2) is 13.2 Å². The van der Waals surface area contributed by atoms with E-state index in [1.54, 1.807) is 12.1 Å². The van der Waals surface area contributed by atoms with Crippen LogP contribution < -0.4 is 19.1 Å². The number of hydrogen-bond acceptors (Lipinski definition) is 5. The zero-order chi connectivity index (χ0) is 31.5. The molecule has 0 amide bonds. The van der Waals surface area contributed by atoms with Crippen LogP contribution in [0.15, 0.2) is 139 Å². The third kappa shape index (κ3) is 9.73. The molecule has 1 aliphatic carbocycles. The Hall–Kier alpha value is -4.53. The van der Waals surface area contributed by atoms with E-state index in [-0.39, 0.29) is 4.90 Å². The van der Waals surface area contributed by atoms with Crippen LogP contribution in [0.5, 0.6) is 0 Å². The smallest absolute Gasteiger partial charge is 0.223 e. The maximum absolute atomic E-state index is 10.4. The Morgan fingerprint density at radius 3 is 1.29 bits per heavy atom. The summed E-state index contributed by atoms with van der Waals surface area (Å²) in [5.74, 6) is 1.21. The van der Waals surface area contributed by atoms with Gasteiger partial charge in [0, 0.05) is 45.6 Å². The van der Waals surface area contributed by atoms with Crippen LogP contribution in [0.2, 0.25) is 0 Å². The van der Waals surface area contributed by atoms with E-state index in [2.05, 4.69) is 72.8 Å². The molecule has 1 fully saturated rings. The molecule has 0 aliphatic heterocycles. The van der Waals surface area contributed by atoms with Gasteiger partial charge in [0.1, 0.15) is 10.1 Å². The highest BCUT2D eigenvalue weighted by molar-refractivity contribution is 7.85. The first-order valence-corrected chi connectivity index (χ1v) is 16.7. The van der Waals surface area contributed by atoms with E-state index in [1.807, 2.05) is 53.3 Å². The van der Waals surface area contributed by atoms with Crippen LogP contribution in [-0.2, 0) is 10.1 Å². The maximum atomic E-state index is 10.4. The zero-order valence-corrected chi connectivity index (χ0v) is 26.3. The Bertz CT molecular complexity index is 1610. The number of aryl methyl sites for hydroxylation is 1. The fraction of sp³-hybridized carbons (Fsp3) is 0.243. The van der Waals surface area contributed by atoms with E-state index in [0.717, 1.165) is 18.8 Å². The van der Waals surface area contributed by atoms with Crippen molar-refractivity contribution in [2.45, 2.75) is 37.5 Å². The van der Waals surface area contributed by atoms with Crippen LogP contribution in [0.25, 0.3) is 22.3 Å². The van der Waals surface area contributed by atoms with E-state index in [4.69, 9.17) is 9.68 Å². The molecule has 6 rings (SSSR count). The minimum absolute atomic E-state index is 0.178. The molecule has 8 heteroatoms. The number of rotatable bonds is 9. The molecule has 0 spiro atoms. The molecular formula is C37H39N2O5S+. The summed E-state index contributed by atoms with van der Waals surface area (Å²) in [6.07, 6.45) is 12.8. The summed E-state index contributed by atoms with van der Waals surface area (Å²) < 4.78 is 34.8. The van der Waals surface area contributed by atoms with Gasteiger partial charge in [0.25, 0.3) is 0 Å². The second-order valence-electron chi connectivity index (χ2n) is 11.4. The highest BCUT2D eigenvalue weighted by Gasteiger charge is 2.24. The molecular weight excluding hydrogens is 584 g/mol. The van der Waals surface area contributed by atoms with Crippen LogP contribution in [-0.4, -0.2) is 26.2 Å². The van der Waals surface area contributed by atoms with E-state index in [9.17, 15) is 13.0 Å². The Morgan fingerprint density at radius 2 is 0.933 bits per heavy atom. The van der Waals surface area contributed by atoms with Crippen molar-refractivity contribution in [3.8, 4) is 22.3 Å². The lowest BCUT2D eigenvalue weighted by Gasteiger charge is -2.25. The van der Waals surface area contributed by atoms with Crippen molar-refractivity contribution < 1.29 is 32.1 Å². The molecule has 0 saturated heterocycles. The number of aromatic nitrogens is 2. The summed E-state index contributed by atoms with van der Waals surface area (Å²) in [7, 11) is -4.27. The summed E-state index contributed by atoms with van der Waals surface area (Å²) >= 11 is 0. The van der Waals surface area contributed by atoms with Gasteiger partial charge < -0.3 is 4.55 Å². The first kappa shape index (κ1) is 31.9. The Morgan fingerprint density at radius 1 is 0.578 bits per heavy atom. The normalized spacial score (nSPS) is 16.2. The quantitative estimate of drug-likeness (QED) is 0.152. The van der Waals surface area contributed by atoms with Crippen LogP contribution in [0.4, 0.5) is 0 Å². The van der Waals surface area contributed by atoms with Crippen molar-refractivity contribution in [3.63, 3.8) is 0 Å². The molecule has 1 saturated carbocycles. The summed E-state index contributed by atoms with van der Waals surface area (Å²) in [4.78, 5) is 11.9. The molecule has 2 aromatic heterocycles. The van der Waals surface area contributed by atoms with Gasteiger partial charge in [-0.2, -0.15) is 0 Å². The molecule has 0 unspecified atom stereocenters. The third-order valence-electron chi connectivity index (χ3n) is 8.01. The van der Waals surface area contributed by atoms with E-state index in [1.165, 1.54) is 60.1 Å². The van der Waals surface area contributed by atoms with Gasteiger partial charge in [-0.15, -0.1) is 0 Å². The van der Waals surface area contributed by atoms with Crippen molar-refractivity contribution in [1.82, 2.24) is 0 Å². The molecule has 1 aliphatic rings. The van der Waals surface area contributed by atoms with Crippen LogP contribution in [0, 0.1) is 18.8 Å². The van der Waals surface area contributed by atoms with Crippen molar-refractivity contribution in [1.29, 1.82) is 0 Å². The monoisotopic (exact) mass is 623 g/mol. The molecule has 0 atom stereocenters. The summed E-state index contributed by atoms with van der Waals surface area (Å²) in [5, 5.41) is 0. The highest BCUT2D eigenvalue weighted by atomic mass is 32.2. The van der Waals surface area contributed by atoms with Gasteiger partial charge in [-0.1, -0.05) is 78.4 Å². The summed E-state index contributed by atoms with van der Waals surface area (Å²) in [6.45, 7) is 3.35. The van der Waals surface area contributed by atoms with Crippen molar-refractivity contribution >= 4 is 10.1 Å². The summed E-state index contributed by atoms with van der Waals surface area (Å²) in [5.41, 5.74) is 5.78. The average Bonchev–Trinajstić information content (AvgIpc) is 3.08. The number of nitrogens with zero attached hydrogens (tertiary/aromatic N) is 2. The van der Waals surface area contributed by atoms with Crippen LogP contribution >= 0.6 is 0 Å². The maximum Gasteiger partial charge on any atom is 0.223 e. The molecule has 3 aromatic carbocycles. The average molecular weight is 624 g/mol. The molecule has 5 aromatic rings. The van der Waals surface area contributed by atoms with Crippen molar-refractivity contribution in [3.05, 3.63) is 140 Å². The van der Waals surface area contributed by atoms with Gasteiger partial charge in [-0.05, 0) is 67.0 Å². The van der Waals surface area contributed by atoms with Gasteiger partial charge in [0.05, 0.1) is 4.90 Å². The van der Waals surface area contributed by atoms with Gasteiger partial charge in [0.2, 0.25) is 24.8 Å². The van der Waals surface area contributed by atoms with Crippen molar-refractivity contribution in [2.24, 2.45) is 11.8 Å². The predicted octanol–water partition coefficient (Wildman–Crippen LogP) is 5.86. The lowest BCUT2D eigenvalue weighted by atomic mass is 9.83. The van der Waals surface area contributed by atoms with Gasteiger partial charge in [-0.25, -0.2) is 8.42 Å². The molecule has 2 heterocycles. The van der Waals surface area contributed by atoms with Crippen molar-refractivity contribution in [2.75, 3.05) is 13.2 Å². The fourth-order valence-corrected chi connectivity index (χ4v) is 5.77. The first-order valence-electron chi connectivity index (χ1n) is 15.3. The third-order valence-corrected chi connectivity index (χ3v) is 8.86. The number of pyridine rings is 2. The second kappa shape index (κ2) is 15.5. The lowest BCUT2D eigenvalue weighted by molar-refractivity contribution is -0.893. The number of hydrogen-bond donors (Lipinski definition) is 0. The molecule has 0 bridgehead atoms. The topological polar surface area (TPSA) is 83.4 Å². The summed E-state index contributed by atoms with van der Waals surface area (Å²) in [6, 6.07) is 35.0. The Labute approximate surface area is 266 Å². The highest BCUT2D eigenvalue weighted by Crippen LogP contribution is 2.28. The predicted molar refractivity (Wildman–Crippen MR) is 172 cm³/mol. The van der Waals surface area contributed by atoms with Gasteiger partial charge >= 0.3 is 0 Å². The standard InChI is InChI=1S/C30H32N2O2.C7H8O3S/c1-3-7-27(8-4-1)29-15-19-31(20-16-29)33-23-25-11-13-26(14-12-25)24-34-32-21-17-30(18-22-32)28-9-5-2-6-10-28;1-6-2-4-7(5-3-6)11(8,9)10/h1-10,15-22,25-26H,11-14,23-24H2;2-5H,1H3,(H,8,9,10)/q+2;/p-1. The molecule has 7 nitrogen and oxygen atoms in total. The fourth-order valence-electron chi connectivity index (χ4n) is 5.30. The van der Waals surface area contributed by atoms with E-state index in [0.29, 0.717) is 11.8 Å². The molecule has 0 N–H and O–H groups in total. The van der Waals surface area contributed by atoms with E-state index < -0.39 is 10.1 Å². The largest absolute Gasteiger partial charge is 0.744 e. The van der Waals surface area contributed by atoms with Crippen LogP contribution in [0.3, 0.4) is 0 Å². The number of benzene rings is 3. The zero-order valence-electron chi connectivity index (χ0n) is 25.4. The Kier molecular flexibility index (Phi) is 11.0. The lowest BCUT2D eigenvalue weighted by Crippen LogP contribution is -2.45. The SMILES string of the molecule is Cc1ccc(S(=O)(=O)[O-])cc1.c1ccc(-c2cc[n+](OCC3CCC(CO[n+]4ccc(-c5ccccc5)cc4)CC3)cc2)cc1. The van der Waals surface area contributed by atoms with E-state index >= 15 is 0 Å². The minimum Gasteiger partial charge on any atom is -0.744 e. The second-order valence-corrected chi connectivity index (χ2v) is 12.8. The molecule has 45 heavy (non-hydrogen) atoms. The Balaban J connectivity index is 0.000000309. The minimum atomic E-state index is -4.27.